The van der Waals surface area contributed by atoms with Crippen LogP contribution in [-0.4, -0.2) is 37.0 Å². The number of carboxylic acid groups (broad SMARTS) is 1. The van der Waals surface area contributed by atoms with Crippen molar-refractivity contribution in [3.8, 4) is 5.75 Å². The number of nitrogens with one attached hydrogen (secondary N) is 2. The van der Waals surface area contributed by atoms with E-state index in [1.807, 2.05) is 6.92 Å². The number of aliphatic carboxylic acids is 1. The fraction of sp³-hybridized carbons (Fsp3) is 0.429. The second kappa shape index (κ2) is 9.91. The average molecular weight is 417 g/mol. The molecular formula is C21H25N2O7-. The lowest BCUT2D eigenvalue weighted by Crippen LogP contribution is -2.53. The Morgan fingerprint density at radius 1 is 1.17 bits per heavy atom. The van der Waals surface area contributed by atoms with E-state index in [-0.39, 0.29) is 12.5 Å². The highest BCUT2D eigenvalue weighted by molar-refractivity contribution is 5.89. The molecule has 0 aliphatic rings. The fourth-order valence-electron chi connectivity index (χ4n) is 2.96. The molecule has 1 heterocycles. The Balaban J connectivity index is 2.03. The molecule has 0 saturated heterocycles. The molecule has 2 amide bonds. The van der Waals surface area contributed by atoms with E-state index >= 15 is 0 Å². The molecular weight excluding hydrogens is 392 g/mol. The summed E-state index contributed by atoms with van der Waals surface area (Å²) in [7, 11) is 0. The van der Waals surface area contributed by atoms with Gasteiger partial charge < -0.3 is 29.7 Å². The van der Waals surface area contributed by atoms with E-state index in [2.05, 4.69) is 10.6 Å². The van der Waals surface area contributed by atoms with Crippen LogP contribution in [0.15, 0.2) is 27.4 Å². The first kappa shape index (κ1) is 22.9. The third kappa shape index (κ3) is 5.82. The fourth-order valence-corrected chi connectivity index (χ4v) is 2.96. The third-order valence-corrected chi connectivity index (χ3v) is 4.46. The highest BCUT2D eigenvalue weighted by Gasteiger charge is 2.18. The van der Waals surface area contributed by atoms with Crippen molar-refractivity contribution in [2.24, 2.45) is 5.92 Å². The van der Waals surface area contributed by atoms with Crippen LogP contribution in [0.1, 0.15) is 31.9 Å². The summed E-state index contributed by atoms with van der Waals surface area (Å²) in [6, 6.07) is 3.69. The number of aryl methyl sites for hydroxylation is 2. The minimum absolute atomic E-state index is 0.361. The number of hydrogen-bond donors (Lipinski definition) is 2. The first-order valence-electron chi connectivity index (χ1n) is 9.59. The van der Waals surface area contributed by atoms with E-state index in [1.165, 1.54) is 6.07 Å². The van der Waals surface area contributed by atoms with Crippen molar-refractivity contribution in [2.45, 2.75) is 40.2 Å². The van der Waals surface area contributed by atoms with Crippen LogP contribution in [0.2, 0.25) is 0 Å². The van der Waals surface area contributed by atoms with Crippen molar-refractivity contribution in [3.05, 3.63) is 39.7 Å². The van der Waals surface area contributed by atoms with E-state index < -0.39 is 36.0 Å². The highest BCUT2D eigenvalue weighted by atomic mass is 16.5. The average Bonchev–Trinajstić information content (AvgIpc) is 2.66. The van der Waals surface area contributed by atoms with Crippen LogP contribution in [0.25, 0.3) is 11.0 Å². The second-order valence-electron chi connectivity index (χ2n) is 7.25. The number of fused-ring (bicyclic) bond motifs is 1. The number of amides is 2. The molecule has 0 spiro atoms. The van der Waals surface area contributed by atoms with Crippen LogP contribution in [0.4, 0.5) is 0 Å². The predicted octanol–water partition coefficient (Wildman–Crippen LogP) is 0.0495. The lowest BCUT2D eigenvalue weighted by Gasteiger charge is -2.23. The molecule has 2 aromatic rings. The molecule has 1 aromatic heterocycles. The van der Waals surface area contributed by atoms with Crippen molar-refractivity contribution >= 4 is 28.8 Å². The lowest BCUT2D eigenvalue weighted by atomic mass is 10.0. The van der Waals surface area contributed by atoms with E-state index in [4.69, 9.17) is 9.15 Å². The van der Waals surface area contributed by atoms with Gasteiger partial charge in [-0.25, -0.2) is 4.79 Å². The van der Waals surface area contributed by atoms with Crippen LogP contribution in [0, 0.1) is 12.8 Å². The van der Waals surface area contributed by atoms with Crippen LogP contribution >= 0.6 is 0 Å². The molecule has 0 unspecified atom stereocenters. The Kier molecular flexibility index (Phi) is 7.57. The zero-order chi connectivity index (χ0) is 22.4. The van der Waals surface area contributed by atoms with Gasteiger partial charge in [-0.2, -0.15) is 0 Å². The van der Waals surface area contributed by atoms with Gasteiger partial charge in [-0.1, -0.05) is 20.8 Å². The summed E-state index contributed by atoms with van der Waals surface area (Å²) in [5, 5.41) is 16.3. The van der Waals surface area contributed by atoms with Gasteiger partial charge in [0, 0.05) is 6.07 Å². The first-order valence-corrected chi connectivity index (χ1v) is 9.59. The summed E-state index contributed by atoms with van der Waals surface area (Å²) in [5.74, 6) is -2.58. The number of carbonyl (C=O) groups excluding carboxylic acids is 3. The van der Waals surface area contributed by atoms with Crippen molar-refractivity contribution in [3.63, 3.8) is 0 Å². The third-order valence-electron chi connectivity index (χ3n) is 4.46. The number of benzene rings is 1. The van der Waals surface area contributed by atoms with E-state index in [1.54, 1.807) is 32.9 Å². The van der Waals surface area contributed by atoms with Crippen LogP contribution in [-0.2, 0) is 20.8 Å². The molecule has 9 heteroatoms. The summed E-state index contributed by atoms with van der Waals surface area (Å²) >= 11 is 0. The topological polar surface area (TPSA) is 138 Å². The van der Waals surface area contributed by atoms with Gasteiger partial charge in [-0.3, -0.25) is 9.59 Å². The van der Waals surface area contributed by atoms with Crippen molar-refractivity contribution in [2.75, 3.05) is 13.2 Å². The summed E-state index contributed by atoms with van der Waals surface area (Å²) in [6.45, 7) is 6.18. The van der Waals surface area contributed by atoms with Gasteiger partial charge in [-0.05, 0) is 42.5 Å². The maximum absolute atomic E-state index is 12.1. The van der Waals surface area contributed by atoms with Crippen LogP contribution in [0.5, 0.6) is 5.75 Å². The van der Waals surface area contributed by atoms with Crippen molar-refractivity contribution in [1.29, 1.82) is 0 Å². The van der Waals surface area contributed by atoms with E-state index in [0.29, 0.717) is 23.1 Å². The zero-order valence-electron chi connectivity index (χ0n) is 17.4. The summed E-state index contributed by atoms with van der Waals surface area (Å²) < 4.78 is 10.9. The molecule has 2 N–H and O–H groups in total. The first-order chi connectivity index (χ1) is 14.1. The minimum atomic E-state index is -1.39. The number of carbonyl (C=O) groups is 3. The minimum Gasteiger partial charge on any atom is -0.548 e. The second-order valence-corrected chi connectivity index (χ2v) is 7.25. The maximum Gasteiger partial charge on any atom is 0.336 e. The Morgan fingerprint density at radius 2 is 1.87 bits per heavy atom. The summed E-state index contributed by atoms with van der Waals surface area (Å²) in [5.41, 5.74) is 1.43. The monoisotopic (exact) mass is 417 g/mol. The maximum atomic E-state index is 12.1. The SMILES string of the molecule is CCc1cc(=O)oc2cc(C)cc(OCC(=O)NCC(=O)N[C@H](C(=O)[O-])C(C)C)c12. The van der Waals surface area contributed by atoms with Gasteiger partial charge in [0.05, 0.1) is 23.9 Å². The molecule has 1 atom stereocenters. The smallest absolute Gasteiger partial charge is 0.336 e. The van der Waals surface area contributed by atoms with E-state index in [9.17, 15) is 24.3 Å². The molecule has 162 valence electrons. The van der Waals surface area contributed by atoms with Gasteiger partial charge >= 0.3 is 5.63 Å². The number of rotatable bonds is 9. The van der Waals surface area contributed by atoms with Gasteiger partial charge in [0.25, 0.3) is 5.91 Å². The molecule has 0 fully saturated rings. The molecule has 2 rings (SSSR count). The molecule has 0 bridgehead atoms. The Morgan fingerprint density at radius 3 is 2.47 bits per heavy atom. The van der Waals surface area contributed by atoms with E-state index in [0.717, 1.165) is 11.1 Å². The molecule has 0 radical (unpaired) electrons. The van der Waals surface area contributed by atoms with Crippen LogP contribution < -0.4 is 26.1 Å². The summed E-state index contributed by atoms with van der Waals surface area (Å²) in [6.07, 6.45) is 0.573. The van der Waals surface area contributed by atoms with Gasteiger partial charge in [-0.15, -0.1) is 0 Å². The molecule has 9 nitrogen and oxygen atoms in total. The van der Waals surface area contributed by atoms with Gasteiger partial charge in [0.15, 0.2) is 6.61 Å². The normalized spacial score (nSPS) is 11.9. The molecule has 0 aliphatic heterocycles. The van der Waals surface area contributed by atoms with Gasteiger partial charge in [0.2, 0.25) is 5.91 Å². The van der Waals surface area contributed by atoms with Crippen LogP contribution in [0.3, 0.4) is 0 Å². The zero-order valence-corrected chi connectivity index (χ0v) is 17.4. The summed E-state index contributed by atoms with van der Waals surface area (Å²) in [4.78, 5) is 46.7. The molecule has 0 aliphatic carbocycles. The molecule has 30 heavy (non-hydrogen) atoms. The standard InChI is InChI=1S/C21H26N2O7/c1-5-13-8-18(26)30-15-7-12(4)6-14(19(13)15)29-10-17(25)22-9-16(24)23-20(11(2)3)21(27)28/h6-8,11,20H,5,9-10H2,1-4H3,(H,22,25)(H,23,24)(H,27,28)/p-1/t20-/m0/s1. The highest BCUT2D eigenvalue weighted by Crippen LogP contribution is 2.30. The van der Waals surface area contributed by atoms with Crippen molar-refractivity contribution in [1.82, 2.24) is 10.6 Å². The largest absolute Gasteiger partial charge is 0.548 e. The Labute approximate surface area is 173 Å². The predicted molar refractivity (Wildman–Crippen MR) is 107 cm³/mol. The van der Waals surface area contributed by atoms with Crippen molar-refractivity contribution < 1.29 is 28.6 Å². The number of hydrogen-bond acceptors (Lipinski definition) is 7. The molecule has 0 saturated carbocycles. The lowest BCUT2D eigenvalue weighted by molar-refractivity contribution is -0.309. The molecule has 1 aromatic carbocycles. The van der Waals surface area contributed by atoms with Gasteiger partial charge in [0.1, 0.15) is 11.3 Å². The number of ether oxygens (including phenoxy) is 1. The quantitative estimate of drug-likeness (QED) is 0.550. The number of carboxylic acids is 1. The Hall–Kier alpha value is -3.36. The Bertz CT molecular complexity index is 1010.